The second kappa shape index (κ2) is 9.97. The van der Waals surface area contributed by atoms with Crippen LogP contribution in [0.25, 0.3) is 21.3 Å². The molecule has 6 heteroatoms. The van der Waals surface area contributed by atoms with Gasteiger partial charge < -0.3 is 4.90 Å². The number of hydrogen-bond acceptors (Lipinski definition) is 5. The van der Waals surface area contributed by atoms with Gasteiger partial charge in [-0.2, -0.15) is 4.98 Å². The first kappa shape index (κ1) is 22.7. The third-order valence-corrected chi connectivity index (χ3v) is 7.26. The molecule has 166 valence electrons. The van der Waals surface area contributed by atoms with E-state index in [2.05, 4.69) is 79.0 Å². The lowest BCUT2D eigenvalue weighted by molar-refractivity contribution is 0.796. The number of aromatic nitrogens is 3. The fourth-order valence-electron chi connectivity index (χ4n) is 4.05. The molecule has 0 atom stereocenters. The Kier molecular flexibility index (Phi) is 7.07. The second-order valence-corrected chi connectivity index (χ2v) is 9.63. The summed E-state index contributed by atoms with van der Waals surface area (Å²) in [4.78, 5) is 18.1. The first-order chi connectivity index (χ1) is 15.5. The van der Waals surface area contributed by atoms with Crippen molar-refractivity contribution in [3.05, 3.63) is 70.1 Å². The third-order valence-electron chi connectivity index (χ3n) is 5.87. The molecule has 3 aromatic heterocycles. The van der Waals surface area contributed by atoms with E-state index in [9.17, 15) is 0 Å². The van der Waals surface area contributed by atoms with Crippen LogP contribution < -0.4 is 4.90 Å². The normalized spacial score (nSPS) is 11.4. The van der Waals surface area contributed by atoms with Gasteiger partial charge in [-0.25, -0.2) is 4.98 Å². The average Bonchev–Trinajstić information content (AvgIpc) is 3.18. The first-order valence-corrected chi connectivity index (χ1v) is 12.4. The number of hydrogen-bond donors (Lipinski definition) is 0. The highest BCUT2D eigenvalue weighted by Gasteiger charge is 2.22. The van der Waals surface area contributed by atoms with Crippen LogP contribution in [0.3, 0.4) is 0 Å². The number of anilines is 1. The number of nitrogens with zero attached hydrogens (tertiary/aromatic N) is 4. The molecule has 0 aliphatic heterocycles. The van der Waals surface area contributed by atoms with Gasteiger partial charge in [-0.15, -0.1) is 11.3 Å². The Labute approximate surface area is 199 Å². The molecule has 0 aliphatic rings. The van der Waals surface area contributed by atoms with Crippen molar-refractivity contribution in [1.82, 2.24) is 15.0 Å². The predicted molar refractivity (Wildman–Crippen MR) is 137 cm³/mol. The van der Waals surface area contributed by atoms with E-state index in [-0.39, 0.29) is 0 Å². The molecule has 32 heavy (non-hydrogen) atoms. The van der Waals surface area contributed by atoms with Crippen molar-refractivity contribution in [3.8, 4) is 11.1 Å². The van der Waals surface area contributed by atoms with Crippen molar-refractivity contribution in [2.75, 3.05) is 18.0 Å². The molecular formula is C26H29ClN4S. The van der Waals surface area contributed by atoms with Gasteiger partial charge in [0.25, 0.3) is 0 Å². The summed E-state index contributed by atoms with van der Waals surface area (Å²) in [7, 11) is 0. The quantitative estimate of drug-likeness (QED) is 0.259. The summed E-state index contributed by atoms with van der Waals surface area (Å²) in [5, 5.41) is 1.42. The Morgan fingerprint density at radius 1 is 1.00 bits per heavy atom. The summed E-state index contributed by atoms with van der Waals surface area (Å²) in [6, 6.07) is 13.1. The van der Waals surface area contributed by atoms with Gasteiger partial charge in [-0.3, -0.25) is 4.98 Å². The van der Waals surface area contributed by atoms with E-state index in [1.54, 1.807) is 11.3 Å². The van der Waals surface area contributed by atoms with Crippen molar-refractivity contribution in [3.63, 3.8) is 0 Å². The Bertz CT molecular complexity index is 1190. The van der Waals surface area contributed by atoms with Gasteiger partial charge in [0.1, 0.15) is 10.6 Å². The van der Waals surface area contributed by atoms with E-state index < -0.39 is 0 Å². The Hall–Kier alpha value is -2.50. The van der Waals surface area contributed by atoms with Crippen LogP contribution in [0.5, 0.6) is 0 Å². The number of rotatable bonds is 8. The molecule has 4 aromatic rings. The molecule has 3 heterocycles. The zero-order valence-corrected chi connectivity index (χ0v) is 20.7. The predicted octanol–water partition coefficient (Wildman–Crippen LogP) is 7.16. The van der Waals surface area contributed by atoms with Crippen LogP contribution in [0.2, 0.25) is 5.28 Å². The zero-order chi connectivity index (χ0) is 22.7. The number of aryl methyl sites for hydroxylation is 1. The SMILES string of the molecule is CCc1sc2nc(Cl)nc(N(CC)CCc3ccncc3)c2c1-c1ccc(C(C)C)cc1. The molecule has 0 unspecified atom stereocenters. The lowest BCUT2D eigenvalue weighted by atomic mass is 9.97. The van der Waals surface area contributed by atoms with Gasteiger partial charge in [0, 0.05) is 35.9 Å². The highest BCUT2D eigenvalue weighted by molar-refractivity contribution is 7.19. The Balaban J connectivity index is 1.82. The monoisotopic (exact) mass is 464 g/mol. The fourth-order valence-corrected chi connectivity index (χ4v) is 5.39. The van der Waals surface area contributed by atoms with Crippen LogP contribution in [0, 0.1) is 0 Å². The number of fused-ring (bicyclic) bond motifs is 1. The van der Waals surface area contributed by atoms with E-state index in [0.29, 0.717) is 11.2 Å². The van der Waals surface area contributed by atoms with Gasteiger partial charge in [0.15, 0.2) is 0 Å². The molecule has 0 bridgehead atoms. The molecule has 0 saturated heterocycles. The van der Waals surface area contributed by atoms with Crippen LogP contribution in [-0.4, -0.2) is 28.0 Å². The molecule has 0 spiro atoms. The van der Waals surface area contributed by atoms with Gasteiger partial charge in [0.05, 0.1) is 5.39 Å². The number of thiophene rings is 1. The zero-order valence-electron chi connectivity index (χ0n) is 19.1. The number of benzene rings is 1. The van der Waals surface area contributed by atoms with Gasteiger partial charge in [-0.05, 0) is 66.1 Å². The molecule has 4 nitrogen and oxygen atoms in total. The molecule has 0 radical (unpaired) electrons. The van der Waals surface area contributed by atoms with Gasteiger partial charge in [-0.1, -0.05) is 45.0 Å². The topological polar surface area (TPSA) is 41.9 Å². The summed E-state index contributed by atoms with van der Waals surface area (Å²) < 4.78 is 0. The van der Waals surface area contributed by atoms with E-state index in [1.807, 2.05) is 12.4 Å². The van der Waals surface area contributed by atoms with Gasteiger partial charge >= 0.3 is 0 Å². The van der Waals surface area contributed by atoms with Gasteiger partial charge in [0.2, 0.25) is 5.28 Å². The van der Waals surface area contributed by atoms with Crippen LogP contribution >= 0.6 is 22.9 Å². The maximum absolute atomic E-state index is 6.40. The number of pyridine rings is 1. The van der Waals surface area contributed by atoms with Crippen molar-refractivity contribution in [1.29, 1.82) is 0 Å². The fraction of sp³-hybridized carbons (Fsp3) is 0.346. The maximum atomic E-state index is 6.40. The largest absolute Gasteiger partial charge is 0.356 e. The van der Waals surface area contributed by atoms with Crippen molar-refractivity contribution >= 4 is 39.0 Å². The number of halogens is 1. The molecular weight excluding hydrogens is 436 g/mol. The van der Waals surface area contributed by atoms with Crippen molar-refractivity contribution in [2.45, 2.75) is 46.5 Å². The standard InChI is InChI=1S/C26H29ClN4S/c1-5-21-22(20-9-7-19(8-10-20)17(3)4)23-24(29-26(27)30-25(23)32-21)31(6-2)16-13-18-11-14-28-15-12-18/h7-12,14-15,17H,5-6,13,16H2,1-4H3. The Morgan fingerprint density at radius 2 is 1.72 bits per heavy atom. The molecule has 0 aliphatic carbocycles. The Morgan fingerprint density at radius 3 is 2.34 bits per heavy atom. The van der Waals surface area contributed by atoms with E-state index >= 15 is 0 Å². The molecule has 1 aromatic carbocycles. The lowest BCUT2D eigenvalue weighted by Crippen LogP contribution is -2.26. The minimum atomic E-state index is 0.306. The summed E-state index contributed by atoms with van der Waals surface area (Å²) in [6.07, 6.45) is 5.55. The maximum Gasteiger partial charge on any atom is 0.225 e. The van der Waals surface area contributed by atoms with E-state index in [4.69, 9.17) is 16.6 Å². The highest BCUT2D eigenvalue weighted by atomic mass is 35.5. The summed E-state index contributed by atoms with van der Waals surface area (Å²) in [5.41, 5.74) is 5.07. The average molecular weight is 465 g/mol. The van der Waals surface area contributed by atoms with E-state index in [0.717, 1.165) is 42.0 Å². The third kappa shape index (κ3) is 4.64. The lowest BCUT2D eigenvalue weighted by Gasteiger charge is -2.23. The van der Waals surface area contributed by atoms with Crippen LogP contribution in [0.15, 0.2) is 48.8 Å². The van der Waals surface area contributed by atoms with Crippen LogP contribution in [0.4, 0.5) is 5.82 Å². The highest BCUT2D eigenvalue weighted by Crippen LogP contribution is 2.43. The summed E-state index contributed by atoms with van der Waals surface area (Å²) >= 11 is 8.13. The molecule has 0 fully saturated rings. The van der Waals surface area contributed by atoms with Crippen LogP contribution in [-0.2, 0) is 12.8 Å². The molecule has 0 N–H and O–H groups in total. The summed E-state index contributed by atoms with van der Waals surface area (Å²) in [6.45, 7) is 10.5. The smallest absolute Gasteiger partial charge is 0.225 e. The van der Waals surface area contributed by atoms with Crippen LogP contribution in [0.1, 0.15) is 49.6 Å². The second-order valence-electron chi connectivity index (χ2n) is 8.21. The van der Waals surface area contributed by atoms with Crippen molar-refractivity contribution in [2.24, 2.45) is 0 Å². The molecule has 0 saturated carbocycles. The molecule has 0 amide bonds. The number of likely N-dealkylation sites (N-methyl/N-ethyl adjacent to an activating group) is 1. The first-order valence-electron chi connectivity index (χ1n) is 11.2. The van der Waals surface area contributed by atoms with Crippen molar-refractivity contribution < 1.29 is 0 Å². The minimum Gasteiger partial charge on any atom is -0.356 e. The molecule has 4 rings (SSSR count). The van der Waals surface area contributed by atoms with E-state index in [1.165, 1.54) is 27.1 Å². The minimum absolute atomic E-state index is 0.306. The summed E-state index contributed by atoms with van der Waals surface area (Å²) in [5.74, 6) is 1.44.